The highest BCUT2D eigenvalue weighted by Gasteiger charge is 2.23. The van der Waals surface area contributed by atoms with Gasteiger partial charge in [-0.1, -0.05) is 104 Å². The van der Waals surface area contributed by atoms with E-state index in [1.807, 2.05) is 78.9 Å². The highest BCUT2D eigenvalue weighted by Crippen LogP contribution is 2.45. The summed E-state index contributed by atoms with van der Waals surface area (Å²) < 4.78 is 18.1. The number of nitrogens with one attached hydrogen (secondary N) is 1. The van der Waals surface area contributed by atoms with E-state index in [0.29, 0.717) is 38.2 Å². The number of carbonyl (C=O) groups is 2. The lowest BCUT2D eigenvalue weighted by Gasteiger charge is -2.20. The molecule has 0 radical (unpaired) electrons. The quantitative estimate of drug-likeness (QED) is 0.0311. The molecule has 5 rings (SSSR count). The predicted molar refractivity (Wildman–Crippen MR) is 203 cm³/mol. The summed E-state index contributed by atoms with van der Waals surface area (Å²) >= 11 is 0. The van der Waals surface area contributed by atoms with Crippen LogP contribution in [0.4, 0.5) is 0 Å². The van der Waals surface area contributed by atoms with Gasteiger partial charge >= 0.3 is 5.97 Å². The molecule has 0 saturated carbocycles. The largest absolute Gasteiger partial charge is 0.493 e. The van der Waals surface area contributed by atoms with Gasteiger partial charge < -0.3 is 31.0 Å². The molecule has 5 aromatic rings. The molecule has 5 N–H and O–H groups in total. The van der Waals surface area contributed by atoms with Crippen LogP contribution in [0.1, 0.15) is 31.2 Å². The number of rotatable bonds is 17. The van der Waals surface area contributed by atoms with Crippen LogP contribution >= 0.6 is 12.4 Å². The summed E-state index contributed by atoms with van der Waals surface area (Å²) in [7, 11) is 0. The van der Waals surface area contributed by atoms with E-state index in [4.69, 9.17) is 25.7 Å². The molecule has 5 aromatic carbocycles. The molecule has 9 nitrogen and oxygen atoms in total. The Morgan fingerprint density at radius 1 is 0.780 bits per heavy atom. The number of nitrogens with zero attached hydrogens (tertiary/aromatic N) is 1. The second-order valence-corrected chi connectivity index (χ2v) is 11.5. The minimum absolute atomic E-state index is 0. The van der Waals surface area contributed by atoms with E-state index in [1.165, 1.54) is 0 Å². The first-order valence-electron chi connectivity index (χ1n) is 16.4. The molecule has 0 aliphatic carbocycles. The van der Waals surface area contributed by atoms with Gasteiger partial charge in [0.2, 0.25) is 5.91 Å². The van der Waals surface area contributed by atoms with E-state index in [2.05, 4.69) is 41.2 Å². The molecular weight excluding hydrogens is 652 g/mol. The van der Waals surface area contributed by atoms with Crippen molar-refractivity contribution in [2.24, 2.45) is 16.5 Å². The summed E-state index contributed by atoms with van der Waals surface area (Å²) in [6, 6.07) is 32.9. The van der Waals surface area contributed by atoms with Crippen LogP contribution in [0.25, 0.3) is 32.7 Å². The normalized spacial score (nSPS) is 11.2. The third-order valence-corrected chi connectivity index (χ3v) is 7.98. The summed E-state index contributed by atoms with van der Waals surface area (Å²) in [6.45, 7) is 4.90. The van der Waals surface area contributed by atoms with E-state index >= 15 is 0 Å². The Labute approximate surface area is 298 Å². The van der Waals surface area contributed by atoms with Crippen LogP contribution in [0.15, 0.2) is 121 Å². The van der Waals surface area contributed by atoms with Gasteiger partial charge in [0, 0.05) is 24.1 Å². The van der Waals surface area contributed by atoms with Crippen LogP contribution in [0, 0.1) is 0 Å². The van der Waals surface area contributed by atoms with E-state index in [1.54, 1.807) is 6.08 Å². The summed E-state index contributed by atoms with van der Waals surface area (Å²) in [4.78, 5) is 30.1. The predicted octanol–water partition coefficient (Wildman–Crippen LogP) is 7.09. The Kier molecular flexibility index (Phi) is 14.1. The Morgan fingerprint density at radius 2 is 1.38 bits per heavy atom. The molecule has 260 valence electrons. The van der Waals surface area contributed by atoms with Gasteiger partial charge in [-0.25, -0.2) is 4.79 Å². The SMILES string of the molecule is C=CCOc1ccc2ccccc2c1-c1c(OCCCC(=O)N[C@H](CCCN=C(N)N)C(=O)OCc2ccccc2)ccc2ccccc12.Cl. The van der Waals surface area contributed by atoms with Gasteiger partial charge in [-0.2, -0.15) is 0 Å². The number of hydrogen-bond acceptors (Lipinski definition) is 6. The number of carbonyl (C=O) groups excluding carboxylic acids is 2. The van der Waals surface area contributed by atoms with Crippen molar-refractivity contribution < 1.29 is 23.8 Å². The molecule has 50 heavy (non-hydrogen) atoms. The van der Waals surface area contributed by atoms with Crippen molar-refractivity contribution >= 4 is 51.8 Å². The fourth-order valence-corrected chi connectivity index (χ4v) is 5.67. The van der Waals surface area contributed by atoms with E-state index in [-0.39, 0.29) is 43.9 Å². The first-order valence-corrected chi connectivity index (χ1v) is 16.4. The van der Waals surface area contributed by atoms with E-state index in [9.17, 15) is 9.59 Å². The molecule has 10 heteroatoms. The average Bonchev–Trinajstić information content (AvgIpc) is 3.12. The average molecular weight is 695 g/mol. The number of nitrogens with two attached hydrogens (primary N) is 2. The fraction of sp³-hybridized carbons (Fsp3) is 0.225. The Hall–Kier alpha value is -5.54. The van der Waals surface area contributed by atoms with Crippen LogP contribution < -0.4 is 26.3 Å². The van der Waals surface area contributed by atoms with Gasteiger partial charge in [-0.3, -0.25) is 9.79 Å². The number of hydrogen-bond donors (Lipinski definition) is 3. The van der Waals surface area contributed by atoms with Crippen molar-refractivity contribution in [3.05, 3.63) is 121 Å². The Bertz CT molecular complexity index is 1930. The standard InChI is InChI=1S/C40H42N4O5.ClH/c1-2-25-47-34-22-20-29-14-6-8-16-31(29)37(34)38-32-17-9-7-15-30(32)21-23-35(38)48-26-11-19-36(45)44-33(18-10-24-43-40(41)42)39(46)49-27-28-12-4-3-5-13-28;/h2-9,12-17,20-23,33H,1,10-11,18-19,24-27H2,(H,44,45)(H4,41,42,43);1H/t33-;/m1./s1. The molecule has 0 aliphatic heterocycles. The van der Waals surface area contributed by atoms with Gasteiger partial charge in [0.25, 0.3) is 0 Å². The fourth-order valence-electron chi connectivity index (χ4n) is 5.67. The molecule has 0 spiro atoms. The monoisotopic (exact) mass is 694 g/mol. The van der Waals surface area contributed by atoms with Crippen molar-refractivity contribution in [2.45, 2.75) is 38.3 Å². The first-order chi connectivity index (χ1) is 23.9. The lowest BCUT2D eigenvalue weighted by Crippen LogP contribution is -2.42. The molecule has 0 unspecified atom stereocenters. The Morgan fingerprint density at radius 3 is 2.00 bits per heavy atom. The number of amides is 1. The van der Waals surface area contributed by atoms with Crippen molar-refractivity contribution in [1.82, 2.24) is 5.32 Å². The smallest absolute Gasteiger partial charge is 0.328 e. The van der Waals surface area contributed by atoms with Crippen molar-refractivity contribution in [3.8, 4) is 22.6 Å². The third kappa shape index (κ3) is 9.99. The molecule has 0 fully saturated rings. The van der Waals surface area contributed by atoms with Gasteiger partial charge in [-0.05, 0) is 58.5 Å². The summed E-state index contributed by atoms with van der Waals surface area (Å²) in [5.41, 5.74) is 13.6. The van der Waals surface area contributed by atoms with Crippen LogP contribution in [0.2, 0.25) is 0 Å². The third-order valence-electron chi connectivity index (χ3n) is 7.98. The zero-order valence-electron chi connectivity index (χ0n) is 27.9. The lowest BCUT2D eigenvalue weighted by molar-refractivity contribution is -0.149. The number of guanidine groups is 1. The molecular formula is C40H43ClN4O5. The van der Waals surface area contributed by atoms with Crippen molar-refractivity contribution in [2.75, 3.05) is 19.8 Å². The summed E-state index contributed by atoms with van der Waals surface area (Å²) in [5.74, 6) is 0.594. The van der Waals surface area contributed by atoms with Crippen molar-refractivity contribution in [3.63, 3.8) is 0 Å². The van der Waals surface area contributed by atoms with Crippen LogP contribution in [-0.4, -0.2) is 43.6 Å². The maximum absolute atomic E-state index is 13.1. The topological polar surface area (TPSA) is 138 Å². The highest BCUT2D eigenvalue weighted by molar-refractivity contribution is 6.09. The van der Waals surface area contributed by atoms with Gasteiger partial charge in [0.1, 0.15) is 30.8 Å². The highest BCUT2D eigenvalue weighted by atomic mass is 35.5. The van der Waals surface area contributed by atoms with Gasteiger partial charge in [-0.15, -0.1) is 12.4 Å². The van der Waals surface area contributed by atoms with Crippen LogP contribution in [-0.2, 0) is 20.9 Å². The van der Waals surface area contributed by atoms with Crippen LogP contribution in [0.3, 0.4) is 0 Å². The number of benzene rings is 5. The maximum Gasteiger partial charge on any atom is 0.328 e. The summed E-state index contributed by atoms with van der Waals surface area (Å²) in [6.07, 6.45) is 3.12. The zero-order chi connectivity index (χ0) is 34.4. The number of ether oxygens (including phenoxy) is 3. The van der Waals surface area contributed by atoms with Crippen molar-refractivity contribution in [1.29, 1.82) is 0 Å². The molecule has 0 aliphatic rings. The molecule has 0 heterocycles. The minimum atomic E-state index is -0.834. The number of aliphatic imine (C=N–C) groups is 1. The first kappa shape index (κ1) is 37.3. The molecule has 1 atom stereocenters. The zero-order valence-corrected chi connectivity index (χ0v) is 28.7. The second kappa shape index (κ2) is 18.9. The summed E-state index contributed by atoms with van der Waals surface area (Å²) in [5, 5.41) is 7.05. The molecule has 0 aromatic heterocycles. The van der Waals surface area contributed by atoms with Gasteiger partial charge in [0.05, 0.1) is 6.61 Å². The minimum Gasteiger partial charge on any atom is -0.493 e. The maximum atomic E-state index is 13.1. The molecule has 0 saturated heterocycles. The Balaban J connectivity index is 0.00000562. The number of halogens is 1. The molecule has 0 bridgehead atoms. The number of esters is 1. The van der Waals surface area contributed by atoms with Crippen LogP contribution in [0.5, 0.6) is 11.5 Å². The second-order valence-electron chi connectivity index (χ2n) is 11.5. The van der Waals surface area contributed by atoms with Gasteiger partial charge in [0.15, 0.2) is 5.96 Å². The molecule has 1 amide bonds. The van der Waals surface area contributed by atoms with E-state index < -0.39 is 12.0 Å². The van der Waals surface area contributed by atoms with E-state index in [0.717, 1.165) is 44.0 Å². The lowest BCUT2D eigenvalue weighted by atomic mass is 9.92. The number of fused-ring (bicyclic) bond motifs is 2.